The Bertz CT molecular complexity index is 496. The Hall–Kier alpha value is -1.27. The number of likely N-dealkylation sites (tertiary alicyclic amines) is 1. The number of rotatable bonds is 4. The van der Waals surface area contributed by atoms with Crippen LogP contribution < -0.4 is 10.2 Å². The molecular formula is C15H21N3OS2. The zero-order chi connectivity index (χ0) is 15.2. The maximum absolute atomic E-state index is 11.9. The van der Waals surface area contributed by atoms with Gasteiger partial charge in [-0.2, -0.15) is 0 Å². The average molecular weight is 323 g/mol. The van der Waals surface area contributed by atoms with E-state index in [2.05, 4.69) is 10.2 Å². The van der Waals surface area contributed by atoms with Gasteiger partial charge < -0.3 is 15.1 Å². The van der Waals surface area contributed by atoms with Crippen LogP contribution in [0.3, 0.4) is 0 Å². The Balaban J connectivity index is 1.77. The minimum Gasteiger partial charge on any atom is -0.378 e. The summed E-state index contributed by atoms with van der Waals surface area (Å²) in [6, 6.07) is 7.79. The third-order valence-electron chi connectivity index (χ3n) is 3.36. The van der Waals surface area contributed by atoms with Crippen molar-refractivity contribution in [2.45, 2.75) is 12.8 Å². The maximum Gasteiger partial charge on any atom is 0.234 e. The van der Waals surface area contributed by atoms with E-state index in [1.165, 1.54) is 24.6 Å². The Kier molecular flexibility index (Phi) is 5.87. The third-order valence-corrected chi connectivity index (χ3v) is 4.88. The summed E-state index contributed by atoms with van der Waals surface area (Å²) < 4.78 is 0.839. The molecule has 0 unspecified atom stereocenters. The summed E-state index contributed by atoms with van der Waals surface area (Å²) in [7, 11) is 3.98. The SMILES string of the molecule is CN(C)c1ccc(NC(=O)CSC(=S)N2CCCC2)cc1. The van der Waals surface area contributed by atoms with E-state index in [1.807, 2.05) is 43.3 Å². The fourth-order valence-corrected chi connectivity index (χ4v) is 3.21. The number of amides is 1. The average Bonchev–Trinajstić information content (AvgIpc) is 2.99. The molecule has 0 atom stereocenters. The van der Waals surface area contributed by atoms with E-state index in [1.54, 1.807) is 0 Å². The summed E-state index contributed by atoms with van der Waals surface area (Å²) >= 11 is 6.79. The molecule has 0 saturated carbocycles. The van der Waals surface area contributed by atoms with Gasteiger partial charge in [-0.25, -0.2) is 0 Å². The van der Waals surface area contributed by atoms with E-state index in [9.17, 15) is 4.79 Å². The highest BCUT2D eigenvalue weighted by atomic mass is 32.2. The van der Waals surface area contributed by atoms with Crippen molar-refractivity contribution < 1.29 is 4.79 Å². The molecule has 1 aromatic carbocycles. The number of carbonyl (C=O) groups is 1. The van der Waals surface area contributed by atoms with Crippen LogP contribution in [-0.2, 0) is 4.79 Å². The standard InChI is InChI=1S/C15H21N3OS2/c1-17(2)13-7-5-12(6-8-13)16-14(19)11-21-15(20)18-9-3-4-10-18/h5-8H,3-4,9-11H2,1-2H3,(H,16,19). The molecular weight excluding hydrogens is 302 g/mol. The van der Waals surface area contributed by atoms with Crippen LogP contribution in [0.2, 0.25) is 0 Å². The Morgan fingerprint density at radius 3 is 2.48 bits per heavy atom. The second kappa shape index (κ2) is 7.66. The van der Waals surface area contributed by atoms with Crippen LogP contribution >= 0.6 is 24.0 Å². The van der Waals surface area contributed by atoms with Gasteiger partial charge in [-0.15, -0.1) is 0 Å². The lowest BCUT2D eigenvalue weighted by Crippen LogP contribution is -2.25. The second-order valence-corrected chi connectivity index (χ2v) is 6.85. The van der Waals surface area contributed by atoms with Crippen LogP contribution in [0, 0.1) is 0 Å². The smallest absolute Gasteiger partial charge is 0.234 e. The van der Waals surface area contributed by atoms with Gasteiger partial charge in [-0.05, 0) is 37.1 Å². The fourth-order valence-electron chi connectivity index (χ4n) is 2.16. The van der Waals surface area contributed by atoms with Crippen molar-refractivity contribution in [3.63, 3.8) is 0 Å². The van der Waals surface area contributed by atoms with Crippen LogP contribution in [0.5, 0.6) is 0 Å². The van der Waals surface area contributed by atoms with Crippen molar-refractivity contribution >= 4 is 45.6 Å². The minimum atomic E-state index is -0.0147. The first kappa shape index (κ1) is 16.1. The largest absolute Gasteiger partial charge is 0.378 e. The molecule has 1 fully saturated rings. The van der Waals surface area contributed by atoms with Crippen LogP contribution in [-0.4, -0.2) is 48.1 Å². The number of thiocarbonyl (C=S) groups is 1. The second-order valence-electron chi connectivity index (χ2n) is 5.24. The molecule has 1 N–H and O–H groups in total. The van der Waals surface area contributed by atoms with Crippen molar-refractivity contribution in [2.75, 3.05) is 43.2 Å². The summed E-state index contributed by atoms with van der Waals surface area (Å²) in [5.41, 5.74) is 1.93. The van der Waals surface area contributed by atoms with Crippen molar-refractivity contribution in [1.29, 1.82) is 0 Å². The van der Waals surface area contributed by atoms with Gasteiger partial charge in [0, 0.05) is 38.6 Å². The molecule has 4 nitrogen and oxygen atoms in total. The van der Waals surface area contributed by atoms with Crippen LogP contribution in [0.25, 0.3) is 0 Å². The normalized spacial score (nSPS) is 14.1. The molecule has 1 aliphatic rings. The van der Waals surface area contributed by atoms with Gasteiger partial charge in [-0.3, -0.25) is 4.79 Å². The van der Waals surface area contributed by atoms with Gasteiger partial charge in [0.2, 0.25) is 5.91 Å². The third kappa shape index (κ3) is 4.89. The number of anilines is 2. The Morgan fingerprint density at radius 1 is 1.29 bits per heavy atom. The van der Waals surface area contributed by atoms with Gasteiger partial charge in [0.15, 0.2) is 0 Å². The van der Waals surface area contributed by atoms with Gasteiger partial charge in [0.1, 0.15) is 4.32 Å². The van der Waals surface area contributed by atoms with Gasteiger partial charge in [0.05, 0.1) is 5.75 Å². The highest BCUT2D eigenvalue weighted by Gasteiger charge is 2.16. The molecule has 0 spiro atoms. The van der Waals surface area contributed by atoms with E-state index < -0.39 is 0 Å². The molecule has 6 heteroatoms. The molecule has 0 bridgehead atoms. The topological polar surface area (TPSA) is 35.6 Å². The molecule has 0 aliphatic carbocycles. The molecule has 114 valence electrons. The van der Waals surface area contributed by atoms with Crippen LogP contribution in [0.1, 0.15) is 12.8 Å². The van der Waals surface area contributed by atoms with Crippen molar-refractivity contribution in [3.8, 4) is 0 Å². The predicted molar refractivity (Wildman–Crippen MR) is 95.3 cm³/mol. The first-order valence-corrected chi connectivity index (χ1v) is 8.44. The summed E-state index contributed by atoms with van der Waals surface area (Å²) in [5.74, 6) is 0.351. The maximum atomic E-state index is 11.9. The molecule has 1 aromatic rings. The zero-order valence-electron chi connectivity index (χ0n) is 12.5. The number of nitrogens with one attached hydrogen (secondary N) is 1. The summed E-state index contributed by atoms with van der Waals surface area (Å²) in [6.45, 7) is 2.05. The van der Waals surface area contributed by atoms with Crippen LogP contribution in [0.4, 0.5) is 11.4 Å². The monoisotopic (exact) mass is 323 g/mol. The summed E-state index contributed by atoms with van der Waals surface area (Å²) in [4.78, 5) is 16.1. The van der Waals surface area contributed by atoms with E-state index in [4.69, 9.17) is 12.2 Å². The molecule has 2 rings (SSSR count). The highest BCUT2D eigenvalue weighted by Crippen LogP contribution is 2.18. The molecule has 1 aliphatic heterocycles. The first-order chi connectivity index (χ1) is 10.1. The number of benzene rings is 1. The van der Waals surface area contributed by atoms with E-state index in [0.29, 0.717) is 5.75 Å². The fraction of sp³-hybridized carbons (Fsp3) is 0.467. The first-order valence-electron chi connectivity index (χ1n) is 7.05. The number of nitrogens with zero attached hydrogens (tertiary/aromatic N) is 2. The number of thioether (sulfide) groups is 1. The summed E-state index contributed by atoms with van der Waals surface area (Å²) in [6.07, 6.45) is 2.40. The molecule has 0 aromatic heterocycles. The number of hydrogen-bond donors (Lipinski definition) is 1. The van der Waals surface area contributed by atoms with Crippen molar-refractivity contribution in [2.24, 2.45) is 0 Å². The van der Waals surface area contributed by atoms with Gasteiger partial charge in [0.25, 0.3) is 0 Å². The van der Waals surface area contributed by atoms with Crippen LogP contribution in [0.15, 0.2) is 24.3 Å². The van der Waals surface area contributed by atoms with Crippen molar-refractivity contribution in [1.82, 2.24) is 4.90 Å². The lowest BCUT2D eigenvalue weighted by molar-refractivity contribution is -0.113. The van der Waals surface area contributed by atoms with Crippen molar-refractivity contribution in [3.05, 3.63) is 24.3 Å². The van der Waals surface area contributed by atoms with E-state index in [-0.39, 0.29) is 5.91 Å². The molecule has 1 amide bonds. The number of carbonyl (C=O) groups excluding carboxylic acids is 1. The Labute approximate surface area is 135 Å². The predicted octanol–water partition coefficient (Wildman–Crippen LogP) is 2.81. The molecule has 1 saturated heterocycles. The van der Waals surface area contributed by atoms with Gasteiger partial charge in [-0.1, -0.05) is 24.0 Å². The lowest BCUT2D eigenvalue weighted by atomic mass is 10.2. The van der Waals surface area contributed by atoms with E-state index >= 15 is 0 Å². The zero-order valence-corrected chi connectivity index (χ0v) is 14.1. The molecule has 21 heavy (non-hydrogen) atoms. The van der Waals surface area contributed by atoms with Gasteiger partial charge >= 0.3 is 0 Å². The molecule has 1 heterocycles. The quantitative estimate of drug-likeness (QED) is 0.862. The molecule has 0 radical (unpaired) electrons. The summed E-state index contributed by atoms with van der Waals surface area (Å²) in [5, 5.41) is 2.90. The Morgan fingerprint density at radius 2 is 1.90 bits per heavy atom. The van der Waals surface area contributed by atoms with E-state index in [0.717, 1.165) is 28.8 Å². The lowest BCUT2D eigenvalue weighted by Gasteiger charge is -2.17. The number of hydrogen-bond acceptors (Lipinski definition) is 4. The highest BCUT2D eigenvalue weighted by molar-refractivity contribution is 8.23. The minimum absolute atomic E-state index is 0.0147.